The third kappa shape index (κ3) is 3.74. The SMILES string of the molecule is O=C(Cc1cc(Br)cs1)c1cc(Br)cc(Br)c1. The van der Waals surface area contributed by atoms with Gasteiger partial charge in [-0.25, -0.2) is 0 Å². The van der Waals surface area contributed by atoms with Gasteiger partial charge in [0.1, 0.15) is 0 Å². The van der Waals surface area contributed by atoms with Crippen molar-refractivity contribution in [3.8, 4) is 0 Å². The molecule has 0 aliphatic carbocycles. The maximum absolute atomic E-state index is 12.1. The van der Waals surface area contributed by atoms with Crippen molar-refractivity contribution in [2.45, 2.75) is 6.42 Å². The molecule has 88 valence electrons. The Morgan fingerprint density at radius 2 is 1.65 bits per heavy atom. The molecule has 1 aromatic carbocycles. The van der Waals surface area contributed by atoms with E-state index in [0.29, 0.717) is 6.42 Å². The summed E-state index contributed by atoms with van der Waals surface area (Å²) in [6.07, 6.45) is 0.444. The monoisotopic (exact) mass is 436 g/mol. The molecule has 0 fully saturated rings. The van der Waals surface area contributed by atoms with Crippen molar-refractivity contribution >= 4 is 64.9 Å². The molecule has 0 saturated heterocycles. The lowest BCUT2D eigenvalue weighted by molar-refractivity contribution is 0.0993. The van der Waals surface area contributed by atoms with E-state index in [1.54, 1.807) is 11.3 Å². The molecule has 0 aliphatic rings. The van der Waals surface area contributed by atoms with Crippen LogP contribution in [0.2, 0.25) is 0 Å². The van der Waals surface area contributed by atoms with E-state index in [1.807, 2.05) is 29.6 Å². The van der Waals surface area contributed by atoms with Gasteiger partial charge in [-0.1, -0.05) is 31.9 Å². The quantitative estimate of drug-likeness (QED) is 0.581. The van der Waals surface area contributed by atoms with Gasteiger partial charge in [-0.2, -0.15) is 0 Å². The van der Waals surface area contributed by atoms with Crippen LogP contribution in [0.15, 0.2) is 43.1 Å². The zero-order chi connectivity index (χ0) is 12.4. The molecule has 2 aromatic rings. The van der Waals surface area contributed by atoms with Gasteiger partial charge in [-0.05, 0) is 40.2 Å². The summed E-state index contributed by atoms with van der Waals surface area (Å²) in [7, 11) is 0. The highest BCUT2D eigenvalue weighted by molar-refractivity contribution is 9.11. The average Bonchev–Trinajstić information content (AvgIpc) is 2.62. The fraction of sp³-hybridized carbons (Fsp3) is 0.0833. The van der Waals surface area contributed by atoms with Crippen molar-refractivity contribution < 1.29 is 4.79 Å². The molecule has 2 rings (SSSR count). The van der Waals surface area contributed by atoms with Crippen molar-refractivity contribution in [3.63, 3.8) is 0 Å². The van der Waals surface area contributed by atoms with Crippen molar-refractivity contribution in [1.82, 2.24) is 0 Å². The molecule has 0 saturated carbocycles. The number of ketones is 1. The minimum atomic E-state index is 0.126. The summed E-state index contributed by atoms with van der Waals surface area (Å²) >= 11 is 11.7. The summed E-state index contributed by atoms with van der Waals surface area (Å²) in [5, 5.41) is 1.99. The van der Waals surface area contributed by atoms with E-state index < -0.39 is 0 Å². The molecule has 0 bridgehead atoms. The fourth-order valence-electron chi connectivity index (χ4n) is 1.42. The van der Waals surface area contributed by atoms with Crippen LogP contribution < -0.4 is 0 Å². The highest BCUT2D eigenvalue weighted by Gasteiger charge is 2.10. The van der Waals surface area contributed by atoms with E-state index >= 15 is 0 Å². The van der Waals surface area contributed by atoms with Gasteiger partial charge in [0.25, 0.3) is 0 Å². The van der Waals surface area contributed by atoms with Gasteiger partial charge in [0.15, 0.2) is 5.78 Å². The molecule has 0 radical (unpaired) electrons. The lowest BCUT2D eigenvalue weighted by Crippen LogP contribution is -2.02. The summed E-state index contributed by atoms with van der Waals surface area (Å²) < 4.78 is 2.84. The second-order valence-corrected chi connectivity index (χ2v) is 7.23. The summed E-state index contributed by atoms with van der Waals surface area (Å²) in [4.78, 5) is 13.1. The van der Waals surface area contributed by atoms with Gasteiger partial charge in [-0.15, -0.1) is 11.3 Å². The molecule has 0 unspecified atom stereocenters. The van der Waals surface area contributed by atoms with Crippen LogP contribution in [-0.2, 0) is 6.42 Å². The first-order valence-corrected chi connectivity index (χ1v) is 8.02. The molecule has 0 amide bonds. The van der Waals surface area contributed by atoms with Gasteiger partial charge >= 0.3 is 0 Å². The van der Waals surface area contributed by atoms with Crippen molar-refractivity contribution in [1.29, 1.82) is 0 Å². The number of rotatable bonds is 3. The molecule has 0 aliphatic heterocycles. The highest BCUT2D eigenvalue weighted by Crippen LogP contribution is 2.24. The summed E-state index contributed by atoms with van der Waals surface area (Å²) in [6.45, 7) is 0. The highest BCUT2D eigenvalue weighted by atomic mass is 79.9. The summed E-state index contributed by atoms with van der Waals surface area (Å²) in [5.41, 5.74) is 0.718. The van der Waals surface area contributed by atoms with Crippen molar-refractivity contribution in [2.24, 2.45) is 0 Å². The van der Waals surface area contributed by atoms with Crippen LogP contribution in [0.3, 0.4) is 0 Å². The Balaban J connectivity index is 2.19. The van der Waals surface area contributed by atoms with Gasteiger partial charge in [0.2, 0.25) is 0 Å². The van der Waals surface area contributed by atoms with Gasteiger partial charge in [0, 0.05) is 35.7 Å². The third-order valence-corrected chi connectivity index (χ3v) is 4.75. The summed E-state index contributed by atoms with van der Waals surface area (Å²) in [5.74, 6) is 0.126. The Bertz CT molecular complexity index is 542. The van der Waals surface area contributed by atoms with Crippen LogP contribution in [0, 0.1) is 0 Å². The molecule has 17 heavy (non-hydrogen) atoms. The van der Waals surface area contributed by atoms with E-state index in [-0.39, 0.29) is 5.78 Å². The van der Waals surface area contributed by atoms with Gasteiger partial charge in [-0.3, -0.25) is 4.79 Å². The topological polar surface area (TPSA) is 17.1 Å². The maximum Gasteiger partial charge on any atom is 0.168 e. The minimum absolute atomic E-state index is 0.126. The van der Waals surface area contributed by atoms with E-state index in [2.05, 4.69) is 47.8 Å². The lowest BCUT2D eigenvalue weighted by Gasteiger charge is -2.01. The van der Waals surface area contributed by atoms with Gasteiger partial charge < -0.3 is 0 Å². The normalized spacial score (nSPS) is 10.5. The van der Waals surface area contributed by atoms with E-state index in [9.17, 15) is 4.79 Å². The number of thiophene rings is 1. The Kier molecular flexibility index (Phi) is 4.58. The molecule has 1 nitrogen and oxygen atoms in total. The molecule has 0 N–H and O–H groups in total. The number of benzene rings is 1. The number of Topliss-reactive ketones (excluding diaryl/α,β-unsaturated/α-hetero) is 1. The van der Waals surface area contributed by atoms with Crippen LogP contribution in [0.1, 0.15) is 15.2 Å². The van der Waals surface area contributed by atoms with Crippen LogP contribution in [-0.4, -0.2) is 5.78 Å². The van der Waals surface area contributed by atoms with Gasteiger partial charge in [0.05, 0.1) is 0 Å². The zero-order valence-corrected chi connectivity index (χ0v) is 14.1. The van der Waals surface area contributed by atoms with Crippen LogP contribution in [0.5, 0.6) is 0 Å². The predicted molar refractivity (Wildman–Crippen MR) is 81.9 cm³/mol. The van der Waals surface area contributed by atoms with Crippen LogP contribution >= 0.6 is 59.1 Å². The van der Waals surface area contributed by atoms with E-state index in [4.69, 9.17) is 0 Å². The molecular weight excluding hydrogens is 432 g/mol. The lowest BCUT2D eigenvalue weighted by atomic mass is 10.1. The Morgan fingerprint density at radius 3 is 2.18 bits per heavy atom. The zero-order valence-electron chi connectivity index (χ0n) is 8.54. The second-order valence-electron chi connectivity index (χ2n) is 3.49. The first kappa shape index (κ1) is 13.5. The standard InChI is InChI=1S/C12H7Br3OS/c13-8-1-7(2-9(14)3-8)12(16)5-11-4-10(15)6-17-11/h1-4,6H,5H2. The molecule has 1 heterocycles. The molecule has 0 atom stereocenters. The fourth-order valence-corrected chi connectivity index (χ4v) is 4.16. The number of hydrogen-bond acceptors (Lipinski definition) is 2. The largest absolute Gasteiger partial charge is 0.294 e. The Morgan fingerprint density at radius 1 is 1.00 bits per heavy atom. The molecule has 1 aromatic heterocycles. The predicted octanol–water partition coefficient (Wildman–Crippen LogP) is 5.46. The first-order chi connectivity index (χ1) is 8.04. The number of hydrogen-bond donors (Lipinski definition) is 0. The number of carbonyl (C=O) groups is 1. The molecule has 0 spiro atoms. The molecule has 5 heteroatoms. The van der Waals surface area contributed by atoms with E-state index in [0.717, 1.165) is 23.9 Å². The third-order valence-electron chi connectivity index (χ3n) is 2.14. The van der Waals surface area contributed by atoms with Crippen LogP contribution in [0.4, 0.5) is 0 Å². The minimum Gasteiger partial charge on any atom is -0.294 e. The Hall–Kier alpha value is 0.0300. The molecular formula is C12H7Br3OS. The number of halogens is 3. The van der Waals surface area contributed by atoms with Crippen molar-refractivity contribution in [2.75, 3.05) is 0 Å². The second kappa shape index (κ2) is 5.78. The van der Waals surface area contributed by atoms with Crippen molar-refractivity contribution in [3.05, 3.63) is 53.5 Å². The van der Waals surface area contributed by atoms with Crippen LogP contribution in [0.25, 0.3) is 0 Å². The number of carbonyl (C=O) groups excluding carboxylic acids is 1. The van der Waals surface area contributed by atoms with E-state index in [1.165, 1.54) is 0 Å². The Labute approximate surface area is 129 Å². The first-order valence-electron chi connectivity index (χ1n) is 4.77. The summed E-state index contributed by atoms with van der Waals surface area (Å²) in [6, 6.07) is 7.58. The maximum atomic E-state index is 12.1. The smallest absolute Gasteiger partial charge is 0.168 e. The average molecular weight is 439 g/mol.